The molecule has 2 aromatic rings. The summed E-state index contributed by atoms with van der Waals surface area (Å²) >= 11 is 0. The molecule has 1 atom stereocenters. The highest BCUT2D eigenvalue weighted by molar-refractivity contribution is 5.95. The fourth-order valence-corrected chi connectivity index (χ4v) is 3.26. The molecule has 0 radical (unpaired) electrons. The molecule has 1 N–H and O–H groups in total. The molecule has 6 heteroatoms. The largest absolute Gasteiger partial charge is 0.466 e. The Labute approximate surface area is 187 Å². The van der Waals surface area contributed by atoms with Gasteiger partial charge in [-0.05, 0) is 59.4 Å². The lowest BCUT2D eigenvalue weighted by Gasteiger charge is -2.18. The first-order chi connectivity index (χ1) is 15.2. The van der Waals surface area contributed by atoms with E-state index in [-0.39, 0.29) is 37.0 Å². The summed E-state index contributed by atoms with van der Waals surface area (Å²) in [5.41, 5.74) is 3.06. The third-order valence-electron chi connectivity index (χ3n) is 4.76. The molecule has 0 saturated heterocycles. The topological polar surface area (TPSA) is 63.6 Å². The average Bonchev–Trinajstić information content (AvgIpc) is 2.72. The highest BCUT2D eigenvalue weighted by atomic mass is 19.1. The molecule has 0 saturated carbocycles. The van der Waals surface area contributed by atoms with Crippen LogP contribution >= 0.6 is 0 Å². The Hall–Kier alpha value is -3.12. The van der Waals surface area contributed by atoms with Gasteiger partial charge in [0.15, 0.2) is 0 Å². The van der Waals surface area contributed by atoms with Crippen molar-refractivity contribution >= 4 is 17.3 Å². The molecule has 0 aromatic heterocycles. The van der Waals surface area contributed by atoms with Crippen LogP contribution in [-0.2, 0) is 14.3 Å². The minimum Gasteiger partial charge on any atom is -0.466 e. The van der Waals surface area contributed by atoms with Crippen molar-refractivity contribution in [3.05, 3.63) is 89.0 Å². The van der Waals surface area contributed by atoms with Gasteiger partial charge in [-0.1, -0.05) is 50.3 Å². The van der Waals surface area contributed by atoms with Gasteiger partial charge in [-0.2, -0.15) is 0 Å². The van der Waals surface area contributed by atoms with E-state index in [0.717, 1.165) is 22.3 Å². The van der Waals surface area contributed by atoms with E-state index in [1.807, 2.05) is 13.8 Å². The zero-order valence-corrected chi connectivity index (χ0v) is 18.5. The molecule has 4 nitrogen and oxygen atoms in total. The van der Waals surface area contributed by atoms with Crippen molar-refractivity contribution in [2.45, 2.75) is 39.7 Å². The Morgan fingerprint density at radius 1 is 0.969 bits per heavy atom. The number of carbonyl (C=O) groups is 2. The van der Waals surface area contributed by atoms with Crippen molar-refractivity contribution < 1.29 is 28.2 Å². The van der Waals surface area contributed by atoms with Gasteiger partial charge in [0, 0.05) is 6.42 Å². The van der Waals surface area contributed by atoms with Crippen LogP contribution in [0.25, 0.3) is 5.57 Å². The van der Waals surface area contributed by atoms with Crippen LogP contribution in [0.4, 0.5) is 8.78 Å². The van der Waals surface area contributed by atoms with Crippen molar-refractivity contribution in [2.75, 3.05) is 6.61 Å². The van der Waals surface area contributed by atoms with Gasteiger partial charge in [0.05, 0.1) is 12.7 Å². The van der Waals surface area contributed by atoms with Gasteiger partial charge in [-0.25, -0.2) is 8.78 Å². The maximum atomic E-state index is 13.5. The molecule has 0 bridgehead atoms. The number of allylic oxidation sites excluding steroid dienone is 2. The van der Waals surface area contributed by atoms with E-state index in [9.17, 15) is 23.5 Å². The molecule has 2 rings (SSSR count). The van der Waals surface area contributed by atoms with E-state index in [1.165, 1.54) is 30.3 Å². The fourth-order valence-electron chi connectivity index (χ4n) is 3.26. The highest BCUT2D eigenvalue weighted by Gasteiger charge is 2.16. The predicted octanol–water partition coefficient (Wildman–Crippen LogP) is 5.25. The quantitative estimate of drug-likeness (QED) is 0.310. The van der Waals surface area contributed by atoms with E-state index in [0.29, 0.717) is 0 Å². The summed E-state index contributed by atoms with van der Waals surface area (Å²) in [5, 5.41) is 10.3. The average molecular weight is 443 g/mol. The number of carbonyl (C=O) groups excluding carboxylic acids is 2. The summed E-state index contributed by atoms with van der Waals surface area (Å²) in [4.78, 5) is 23.4. The lowest BCUT2D eigenvalue weighted by Crippen LogP contribution is -2.16. The first-order valence-electron chi connectivity index (χ1n) is 10.5. The van der Waals surface area contributed by atoms with Gasteiger partial charge in [0.25, 0.3) is 0 Å². The van der Waals surface area contributed by atoms with Crippen LogP contribution in [0.15, 0.2) is 66.3 Å². The summed E-state index contributed by atoms with van der Waals surface area (Å²) < 4.78 is 31.8. The van der Waals surface area contributed by atoms with Gasteiger partial charge >= 0.3 is 5.97 Å². The van der Waals surface area contributed by atoms with Crippen LogP contribution in [0.5, 0.6) is 0 Å². The summed E-state index contributed by atoms with van der Waals surface area (Å²) in [6.07, 6.45) is 1.51. The van der Waals surface area contributed by atoms with Crippen LogP contribution in [0.3, 0.4) is 0 Å². The van der Waals surface area contributed by atoms with E-state index >= 15 is 0 Å². The van der Waals surface area contributed by atoms with Crippen LogP contribution < -0.4 is 0 Å². The second-order valence-electron chi connectivity index (χ2n) is 7.65. The number of esters is 1. The van der Waals surface area contributed by atoms with E-state index < -0.39 is 17.9 Å². The lowest BCUT2D eigenvalue weighted by molar-refractivity contribution is -0.145. The van der Waals surface area contributed by atoms with Gasteiger partial charge in [-0.3, -0.25) is 9.59 Å². The number of aliphatic hydroxyl groups excluding tert-OH is 1. The fraction of sp³-hybridized carbons (Fsp3) is 0.308. The molecule has 32 heavy (non-hydrogen) atoms. The molecular formula is C26H28F2O4. The summed E-state index contributed by atoms with van der Waals surface area (Å²) in [6, 6.07) is 12.0. The van der Waals surface area contributed by atoms with Gasteiger partial charge < -0.3 is 9.84 Å². The monoisotopic (exact) mass is 442 g/mol. The third kappa shape index (κ3) is 7.54. The van der Waals surface area contributed by atoms with Crippen molar-refractivity contribution in [2.24, 2.45) is 5.92 Å². The van der Waals surface area contributed by atoms with E-state index in [1.54, 1.807) is 37.3 Å². The second-order valence-corrected chi connectivity index (χ2v) is 7.65. The Kier molecular flexibility index (Phi) is 9.47. The molecule has 170 valence electrons. The molecule has 0 heterocycles. The summed E-state index contributed by atoms with van der Waals surface area (Å²) in [6.45, 7) is 5.77. The third-order valence-corrected chi connectivity index (χ3v) is 4.76. The Bertz CT molecular complexity index is 926. The lowest BCUT2D eigenvalue weighted by atomic mass is 9.87. The van der Waals surface area contributed by atoms with Gasteiger partial charge in [0.1, 0.15) is 23.8 Å². The van der Waals surface area contributed by atoms with Crippen LogP contribution in [-0.4, -0.2) is 29.6 Å². The highest BCUT2D eigenvalue weighted by Crippen LogP contribution is 2.32. The Morgan fingerprint density at radius 2 is 1.47 bits per heavy atom. The normalized spacial score (nSPS) is 12.1. The molecule has 2 aromatic carbocycles. The number of hydrogen-bond donors (Lipinski definition) is 1. The molecule has 0 aliphatic carbocycles. The zero-order chi connectivity index (χ0) is 23.7. The maximum absolute atomic E-state index is 13.5. The first-order valence-corrected chi connectivity index (χ1v) is 10.5. The smallest absolute Gasteiger partial charge is 0.313 e. The zero-order valence-electron chi connectivity index (χ0n) is 18.5. The van der Waals surface area contributed by atoms with Crippen molar-refractivity contribution in [1.29, 1.82) is 0 Å². The van der Waals surface area contributed by atoms with E-state index in [4.69, 9.17) is 4.74 Å². The number of rotatable bonds is 10. The number of ketones is 1. The molecular weight excluding hydrogens is 414 g/mol. The molecule has 0 amide bonds. The number of benzene rings is 2. The van der Waals surface area contributed by atoms with Crippen LogP contribution in [0.2, 0.25) is 0 Å². The van der Waals surface area contributed by atoms with Gasteiger partial charge in [0.2, 0.25) is 0 Å². The van der Waals surface area contributed by atoms with Gasteiger partial charge in [-0.15, -0.1) is 0 Å². The Balaban J connectivity index is 2.38. The Morgan fingerprint density at radius 3 is 1.91 bits per heavy atom. The number of aliphatic hydroxyl groups is 1. The standard InChI is InChI=1S/C26H28F2O4/c1-4-32-25(31)16-23(30)15-22(29)13-14-24(17(2)3)26(18-5-9-20(27)10-6-18)19-7-11-21(28)12-8-19/h5-14,17,22,29H,4,15-16H2,1-3H3. The number of halogens is 2. The van der Waals surface area contributed by atoms with Crippen molar-refractivity contribution in [3.63, 3.8) is 0 Å². The SMILES string of the molecule is CCOC(=O)CC(=O)CC(O)C=CC(=C(c1ccc(F)cc1)c1ccc(F)cc1)C(C)C. The molecule has 0 aliphatic rings. The number of Topliss-reactive ketones (excluding diaryl/α,β-unsaturated/α-hetero) is 1. The summed E-state index contributed by atoms with van der Waals surface area (Å²) in [5.74, 6) is -1.79. The number of hydrogen-bond acceptors (Lipinski definition) is 4. The first kappa shape index (κ1) is 25.1. The van der Waals surface area contributed by atoms with Crippen LogP contribution in [0, 0.1) is 17.6 Å². The summed E-state index contributed by atoms with van der Waals surface area (Å²) in [7, 11) is 0. The van der Waals surface area contributed by atoms with Crippen LogP contribution in [0.1, 0.15) is 44.7 Å². The second kappa shape index (κ2) is 12.1. The minimum atomic E-state index is -1.09. The molecule has 0 spiro atoms. The molecule has 0 aliphatic heterocycles. The predicted molar refractivity (Wildman–Crippen MR) is 120 cm³/mol. The minimum absolute atomic E-state index is 0.00112. The number of ether oxygens (including phenoxy) is 1. The molecule has 1 unspecified atom stereocenters. The van der Waals surface area contributed by atoms with E-state index in [2.05, 4.69) is 0 Å². The maximum Gasteiger partial charge on any atom is 0.313 e. The van der Waals surface area contributed by atoms with Crippen molar-refractivity contribution in [3.8, 4) is 0 Å². The van der Waals surface area contributed by atoms with Crippen molar-refractivity contribution in [1.82, 2.24) is 0 Å². The molecule has 0 fully saturated rings.